The summed E-state index contributed by atoms with van der Waals surface area (Å²) in [5, 5.41) is -0.218. The van der Waals surface area contributed by atoms with Crippen LogP contribution in [0.3, 0.4) is 0 Å². The first kappa shape index (κ1) is 10.1. The lowest BCUT2D eigenvalue weighted by Crippen LogP contribution is -1.99. The number of hydrogen-bond acceptors (Lipinski definition) is 3. The third-order valence-electron chi connectivity index (χ3n) is 1.41. The largest absolute Gasteiger partial charge is 0.491 e. The van der Waals surface area contributed by atoms with Crippen molar-refractivity contribution in [2.75, 3.05) is 13.7 Å². The van der Waals surface area contributed by atoms with Crippen LogP contribution < -0.4 is 9.47 Å². The average Bonchev–Trinajstić information content (AvgIpc) is 2.14. The number of halogens is 2. The van der Waals surface area contributed by atoms with E-state index < -0.39 is 5.82 Å². The minimum atomic E-state index is -0.692. The normalized spacial score (nSPS) is 9.85. The van der Waals surface area contributed by atoms with Crippen molar-refractivity contribution < 1.29 is 13.9 Å². The number of methoxy groups -OCH3 is 1. The smallest absolute Gasteiger partial charge is 0.206 e. The maximum Gasteiger partial charge on any atom is 0.206 e. The van der Waals surface area contributed by atoms with Crippen molar-refractivity contribution >= 4 is 11.6 Å². The molecule has 0 radical (unpaired) electrons. The van der Waals surface area contributed by atoms with Crippen molar-refractivity contribution in [3.63, 3.8) is 0 Å². The van der Waals surface area contributed by atoms with Crippen molar-refractivity contribution in [1.29, 1.82) is 0 Å². The molecule has 5 heteroatoms. The standard InChI is InChI=1S/C8H9ClFNO2/c1-3-13-7-5(12-2)4-11-8(9)6(7)10/h4H,3H2,1-2H3. The number of pyridine rings is 1. The predicted octanol–water partition coefficient (Wildman–Crippen LogP) is 2.28. The van der Waals surface area contributed by atoms with Gasteiger partial charge >= 0.3 is 0 Å². The first-order valence-electron chi connectivity index (χ1n) is 3.71. The summed E-state index contributed by atoms with van der Waals surface area (Å²) >= 11 is 5.46. The molecule has 72 valence electrons. The second-order valence-electron chi connectivity index (χ2n) is 2.19. The minimum absolute atomic E-state index is 0.00463. The molecule has 0 fully saturated rings. The highest BCUT2D eigenvalue weighted by atomic mass is 35.5. The van der Waals surface area contributed by atoms with Crippen LogP contribution in [-0.4, -0.2) is 18.7 Å². The second-order valence-corrected chi connectivity index (χ2v) is 2.55. The van der Waals surface area contributed by atoms with Crippen LogP contribution >= 0.6 is 11.6 Å². The van der Waals surface area contributed by atoms with Crippen molar-refractivity contribution in [3.8, 4) is 11.5 Å². The molecule has 0 aliphatic rings. The topological polar surface area (TPSA) is 31.4 Å². The van der Waals surface area contributed by atoms with Crippen LogP contribution in [0.15, 0.2) is 6.20 Å². The van der Waals surface area contributed by atoms with Crippen LogP contribution in [0.1, 0.15) is 6.92 Å². The van der Waals surface area contributed by atoms with E-state index in [0.29, 0.717) is 6.61 Å². The Bertz CT molecular complexity index is 306. The number of ether oxygens (including phenoxy) is 2. The summed E-state index contributed by atoms with van der Waals surface area (Å²) in [7, 11) is 1.41. The summed E-state index contributed by atoms with van der Waals surface area (Å²) in [5.74, 6) is -0.448. The zero-order valence-electron chi connectivity index (χ0n) is 7.30. The zero-order chi connectivity index (χ0) is 9.84. The summed E-state index contributed by atoms with van der Waals surface area (Å²) < 4.78 is 23.1. The molecule has 1 heterocycles. The quantitative estimate of drug-likeness (QED) is 0.710. The van der Waals surface area contributed by atoms with E-state index in [4.69, 9.17) is 21.1 Å². The summed E-state index contributed by atoms with van der Waals surface area (Å²) in [4.78, 5) is 3.58. The van der Waals surface area contributed by atoms with Crippen LogP contribution in [0.4, 0.5) is 4.39 Å². The van der Waals surface area contributed by atoms with Gasteiger partial charge in [-0.2, -0.15) is 4.39 Å². The Kier molecular flexibility index (Phi) is 3.31. The van der Waals surface area contributed by atoms with E-state index in [-0.39, 0.29) is 16.7 Å². The molecule has 0 aromatic carbocycles. The molecule has 1 aromatic rings. The molecule has 1 aromatic heterocycles. The molecule has 0 unspecified atom stereocenters. The van der Waals surface area contributed by atoms with Gasteiger partial charge in [-0.25, -0.2) is 4.98 Å². The number of aromatic nitrogens is 1. The predicted molar refractivity (Wildman–Crippen MR) is 46.9 cm³/mol. The maximum absolute atomic E-state index is 13.2. The molecule has 1 rings (SSSR count). The Morgan fingerprint density at radius 1 is 1.62 bits per heavy atom. The van der Waals surface area contributed by atoms with Crippen molar-refractivity contribution in [2.24, 2.45) is 0 Å². The second kappa shape index (κ2) is 4.28. The summed E-state index contributed by atoms with van der Waals surface area (Å²) in [6, 6.07) is 0. The molecule has 3 nitrogen and oxygen atoms in total. The lowest BCUT2D eigenvalue weighted by Gasteiger charge is -2.09. The van der Waals surface area contributed by atoms with E-state index in [2.05, 4.69) is 4.98 Å². The van der Waals surface area contributed by atoms with Crippen LogP contribution in [0.25, 0.3) is 0 Å². The van der Waals surface area contributed by atoms with E-state index in [0.717, 1.165) is 0 Å². The molecule has 0 saturated heterocycles. The van der Waals surface area contributed by atoms with Gasteiger partial charge in [-0.15, -0.1) is 0 Å². The molecular formula is C8H9ClFNO2. The first-order valence-corrected chi connectivity index (χ1v) is 4.09. The average molecular weight is 206 g/mol. The van der Waals surface area contributed by atoms with Crippen LogP contribution in [0.2, 0.25) is 5.15 Å². The highest BCUT2D eigenvalue weighted by molar-refractivity contribution is 6.29. The number of nitrogens with zero attached hydrogens (tertiary/aromatic N) is 1. The van der Waals surface area contributed by atoms with Crippen molar-refractivity contribution in [3.05, 3.63) is 17.2 Å². The lowest BCUT2D eigenvalue weighted by molar-refractivity contribution is 0.293. The monoisotopic (exact) mass is 205 g/mol. The van der Waals surface area contributed by atoms with Gasteiger partial charge in [-0.05, 0) is 6.92 Å². The third-order valence-corrected chi connectivity index (χ3v) is 1.67. The Balaban J connectivity index is 3.15. The van der Waals surface area contributed by atoms with Gasteiger partial charge in [0.05, 0.1) is 19.9 Å². The Morgan fingerprint density at radius 2 is 2.31 bits per heavy atom. The van der Waals surface area contributed by atoms with Gasteiger partial charge in [0.25, 0.3) is 0 Å². The molecule has 0 saturated carbocycles. The molecule has 0 N–H and O–H groups in total. The summed E-state index contributed by atoms with van der Waals surface area (Å²) in [6.07, 6.45) is 1.32. The highest BCUT2D eigenvalue weighted by Crippen LogP contribution is 2.32. The molecule has 0 bridgehead atoms. The Morgan fingerprint density at radius 3 is 2.85 bits per heavy atom. The van der Waals surface area contributed by atoms with Crippen molar-refractivity contribution in [1.82, 2.24) is 4.98 Å². The molecule has 13 heavy (non-hydrogen) atoms. The molecule has 0 amide bonds. The summed E-state index contributed by atoms with van der Waals surface area (Å²) in [5.41, 5.74) is 0. The van der Waals surface area contributed by atoms with E-state index in [1.54, 1.807) is 6.92 Å². The number of rotatable bonds is 3. The van der Waals surface area contributed by atoms with Crippen LogP contribution in [0.5, 0.6) is 11.5 Å². The van der Waals surface area contributed by atoms with Gasteiger partial charge in [-0.1, -0.05) is 11.6 Å². The fourth-order valence-corrected chi connectivity index (χ4v) is 0.991. The maximum atomic E-state index is 13.2. The van der Waals surface area contributed by atoms with Gasteiger partial charge in [0.2, 0.25) is 11.6 Å². The fourth-order valence-electron chi connectivity index (χ4n) is 0.857. The Labute approximate surface area is 80.4 Å². The first-order chi connectivity index (χ1) is 6.20. The minimum Gasteiger partial charge on any atom is -0.491 e. The fraction of sp³-hybridized carbons (Fsp3) is 0.375. The van der Waals surface area contributed by atoms with E-state index in [9.17, 15) is 4.39 Å². The molecular weight excluding hydrogens is 197 g/mol. The van der Waals surface area contributed by atoms with Gasteiger partial charge in [0.15, 0.2) is 10.9 Å². The Hall–Kier alpha value is -1.03. The van der Waals surface area contributed by atoms with Gasteiger partial charge < -0.3 is 9.47 Å². The van der Waals surface area contributed by atoms with Gasteiger partial charge in [-0.3, -0.25) is 0 Å². The molecule has 0 aliphatic carbocycles. The zero-order valence-corrected chi connectivity index (χ0v) is 8.06. The van der Waals surface area contributed by atoms with Gasteiger partial charge in [0, 0.05) is 0 Å². The lowest BCUT2D eigenvalue weighted by atomic mass is 10.4. The van der Waals surface area contributed by atoms with E-state index in [1.165, 1.54) is 13.3 Å². The highest BCUT2D eigenvalue weighted by Gasteiger charge is 2.14. The van der Waals surface area contributed by atoms with E-state index in [1.807, 2.05) is 0 Å². The summed E-state index contributed by atoms with van der Waals surface area (Å²) in [6.45, 7) is 2.08. The van der Waals surface area contributed by atoms with Gasteiger partial charge in [0.1, 0.15) is 0 Å². The van der Waals surface area contributed by atoms with Crippen molar-refractivity contribution in [2.45, 2.75) is 6.92 Å². The molecule has 0 atom stereocenters. The molecule has 0 aliphatic heterocycles. The number of hydrogen-bond donors (Lipinski definition) is 0. The van der Waals surface area contributed by atoms with Crippen LogP contribution in [0, 0.1) is 5.82 Å². The van der Waals surface area contributed by atoms with Crippen LogP contribution in [-0.2, 0) is 0 Å². The third kappa shape index (κ3) is 2.01. The molecule has 0 spiro atoms. The van der Waals surface area contributed by atoms with E-state index >= 15 is 0 Å². The SMILES string of the molecule is CCOc1c(OC)cnc(Cl)c1F.